The first-order valence-electron chi connectivity index (χ1n) is 5.74. The van der Waals surface area contributed by atoms with Crippen LogP contribution in [0.4, 0.5) is 10.2 Å². The van der Waals surface area contributed by atoms with Crippen LogP contribution in [0.25, 0.3) is 11.4 Å². The number of nitrogens with zero attached hydrogens (tertiary/aromatic N) is 2. The van der Waals surface area contributed by atoms with E-state index in [0.29, 0.717) is 17.2 Å². The fourth-order valence-corrected chi connectivity index (χ4v) is 1.75. The topological polar surface area (TPSA) is 63.8 Å². The maximum Gasteiger partial charge on any atom is 0.161 e. The fourth-order valence-electron chi connectivity index (χ4n) is 1.75. The summed E-state index contributed by atoms with van der Waals surface area (Å²) in [4.78, 5) is 8.62. The molecule has 18 heavy (non-hydrogen) atoms. The second-order valence-electron chi connectivity index (χ2n) is 4.08. The first kappa shape index (κ1) is 12.4. The van der Waals surface area contributed by atoms with Crippen molar-refractivity contribution in [1.29, 1.82) is 0 Å². The molecule has 1 aromatic carbocycles. The molecule has 0 saturated heterocycles. The molecule has 0 amide bonds. The molecule has 0 aliphatic carbocycles. The van der Waals surface area contributed by atoms with Gasteiger partial charge in [-0.25, -0.2) is 20.2 Å². The maximum atomic E-state index is 13.4. The normalized spacial score (nSPS) is 10.4. The van der Waals surface area contributed by atoms with Gasteiger partial charge in [-0.1, -0.05) is 6.92 Å². The zero-order valence-corrected chi connectivity index (χ0v) is 10.4. The average molecular weight is 246 g/mol. The minimum Gasteiger partial charge on any atom is -0.308 e. The molecule has 0 aliphatic heterocycles. The van der Waals surface area contributed by atoms with E-state index < -0.39 is 0 Å². The van der Waals surface area contributed by atoms with Crippen molar-refractivity contribution < 1.29 is 4.39 Å². The molecule has 1 heterocycles. The third kappa shape index (κ3) is 2.62. The molecule has 0 spiro atoms. The summed E-state index contributed by atoms with van der Waals surface area (Å²) in [6.45, 7) is 3.82. The lowest BCUT2D eigenvalue weighted by atomic mass is 10.1. The highest BCUT2D eigenvalue weighted by Gasteiger charge is 2.07. The zero-order chi connectivity index (χ0) is 13.1. The quantitative estimate of drug-likeness (QED) is 0.645. The molecule has 0 radical (unpaired) electrons. The molecule has 2 aromatic rings. The predicted octanol–water partition coefficient (Wildman–Crippen LogP) is 2.44. The van der Waals surface area contributed by atoms with Crippen molar-refractivity contribution in [1.82, 2.24) is 9.97 Å². The van der Waals surface area contributed by atoms with Crippen LogP contribution in [0.1, 0.15) is 18.2 Å². The van der Waals surface area contributed by atoms with Gasteiger partial charge in [0.1, 0.15) is 11.6 Å². The molecule has 1 aromatic heterocycles. The lowest BCUT2D eigenvalue weighted by Crippen LogP contribution is -2.10. The number of nitrogens with two attached hydrogens (primary N) is 1. The standard InChI is InChI=1S/C13H15FN4/c1-3-11-7-12(18-15)17-13(16-11)9-4-8(2)5-10(14)6-9/h4-7H,3,15H2,1-2H3,(H,16,17,18). The van der Waals surface area contributed by atoms with Crippen LogP contribution >= 0.6 is 0 Å². The van der Waals surface area contributed by atoms with Crippen LogP contribution in [-0.2, 0) is 6.42 Å². The largest absolute Gasteiger partial charge is 0.308 e. The predicted molar refractivity (Wildman–Crippen MR) is 69.4 cm³/mol. The summed E-state index contributed by atoms with van der Waals surface area (Å²) in [6, 6.07) is 6.51. The Bertz CT molecular complexity index is 526. The van der Waals surface area contributed by atoms with E-state index in [-0.39, 0.29) is 5.82 Å². The van der Waals surface area contributed by atoms with Crippen LogP contribution < -0.4 is 11.3 Å². The summed E-state index contributed by atoms with van der Waals surface area (Å²) in [7, 11) is 0. The Hall–Kier alpha value is -2.01. The minimum atomic E-state index is -0.294. The number of hydrogen-bond acceptors (Lipinski definition) is 4. The molecule has 5 heteroatoms. The molecule has 4 nitrogen and oxygen atoms in total. The number of aryl methyl sites for hydroxylation is 2. The number of aromatic nitrogens is 2. The van der Waals surface area contributed by atoms with Gasteiger partial charge in [-0.3, -0.25) is 0 Å². The number of nitrogen functional groups attached to an aromatic ring is 1. The Morgan fingerprint density at radius 1 is 1.22 bits per heavy atom. The fraction of sp³-hybridized carbons (Fsp3) is 0.231. The summed E-state index contributed by atoms with van der Waals surface area (Å²) in [5, 5.41) is 0. The van der Waals surface area contributed by atoms with Crippen LogP contribution in [0, 0.1) is 12.7 Å². The van der Waals surface area contributed by atoms with Gasteiger partial charge in [0.2, 0.25) is 0 Å². The number of rotatable bonds is 3. The van der Waals surface area contributed by atoms with Crippen molar-refractivity contribution in [2.75, 3.05) is 5.43 Å². The Kier molecular flexibility index (Phi) is 3.53. The summed E-state index contributed by atoms with van der Waals surface area (Å²) >= 11 is 0. The molecule has 94 valence electrons. The Morgan fingerprint density at radius 2 is 2.00 bits per heavy atom. The average Bonchev–Trinajstić information content (AvgIpc) is 2.37. The van der Waals surface area contributed by atoms with E-state index in [4.69, 9.17) is 5.84 Å². The van der Waals surface area contributed by atoms with E-state index in [9.17, 15) is 4.39 Å². The van der Waals surface area contributed by atoms with Gasteiger partial charge in [-0.15, -0.1) is 0 Å². The van der Waals surface area contributed by atoms with Crippen molar-refractivity contribution in [2.45, 2.75) is 20.3 Å². The number of halogens is 1. The molecule has 0 unspecified atom stereocenters. The Labute approximate surface area is 105 Å². The van der Waals surface area contributed by atoms with E-state index in [1.54, 1.807) is 6.07 Å². The first-order chi connectivity index (χ1) is 8.62. The van der Waals surface area contributed by atoms with Gasteiger partial charge in [-0.05, 0) is 37.1 Å². The number of hydrazine groups is 1. The Balaban J connectivity index is 2.55. The second-order valence-corrected chi connectivity index (χ2v) is 4.08. The molecule has 0 bridgehead atoms. The van der Waals surface area contributed by atoms with Crippen molar-refractivity contribution in [3.63, 3.8) is 0 Å². The van der Waals surface area contributed by atoms with Gasteiger partial charge in [-0.2, -0.15) is 0 Å². The van der Waals surface area contributed by atoms with Crippen molar-refractivity contribution in [3.05, 3.63) is 41.3 Å². The number of anilines is 1. The third-order valence-corrected chi connectivity index (χ3v) is 2.59. The van der Waals surface area contributed by atoms with Crippen molar-refractivity contribution in [2.24, 2.45) is 5.84 Å². The zero-order valence-electron chi connectivity index (χ0n) is 10.4. The second kappa shape index (κ2) is 5.10. The highest BCUT2D eigenvalue weighted by molar-refractivity contribution is 5.58. The molecule has 0 aliphatic rings. The van der Waals surface area contributed by atoms with Crippen LogP contribution in [0.15, 0.2) is 24.3 Å². The highest BCUT2D eigenvalue weighted by Crippen LogP contribution is 2.20. The summed E-state index contributed by atoms with van der Waals surface area (Å²) in [6.07, 6.45) is 0.762. The number of benzene rings is 1. The summed E-state index contributed by atoms with van der Waals surface area (Å²) in [5.74, 6) is 6.08. The maximum absolute atomic E-state index is 13.4. The molecule has 0 fully saturated rings. The minimum absolute atomic E-state index is 0.294. The number of hydrogen-bond donors (Lipinski definition) is 2. The lowest BCUT2D eigenvalue weighted by molar-refractivity contribution is 0.627. The van der Waals surface area contributed by atoms with Gasteiger partial charge in [0, 0.05) is 17.3 Å². The first-order valence-corrected chi connectivity index (χ1v) is 5.74. The SMILES string of the molecule is CCc1cc(NN)nc(-c2cc(C)cc(F)c2)n1. The van der Waals surface area contributed by atoms with Gasteiger partial charge in [0.05, 0.1) is 0 Å². The van der Waals surface area contributed by atoms with Crippen LogP contribution in [-0.4, -0.2) is 9.97 Å². The summed E-state index contributed by atoms with van der Waals surface area (Å²) in [5.41, 5.74) is 4.84. The lowest BCUT2D eigenvalue weighted by Gasteiger charge is -2.07. The van der Waals surface area contributed by atoms with E-state index in [0.717, 1.165) is 17.7 Å². The van der Waals surface area contributed by atoms with E-state index in [2.05, 4.69) is 15.4 Å². The van der Waals surface area contributed by atoms with E-state index in [1.807, 2.05) is 19.9 Å². The van der Waals surface area contributed by atoms with Crippen LogP contribution in [0.5, 0.6) is 0 Å². The molecule has 0 saturated carbocycles. The summed E-state index contributed by atoms with van der Waals surface area (Å²) < 4.78 is 13.4. The molecular formula is C13H15FN4. The van der Waals surface area contributed by atoms with Gasteiger partial charge in [0.15, 0.2) is 5.82 Å². The Morgan fingerprint density at radius 3 is 2.61 bits per heavy atom. The van der Waals surface area contributed by atoms with Crippen molar-refractivity contribution in [3.8, 4) is 11.4 Å². The molecular weight excluding hydrogens is 231 g/mol. The van der Waals surface area contributed by atoms with Gasteiger partial charge in [0.25, 0.3) is 0 Å². The monoisotopic (exact) mass is 246 g/mol. The van der Waals surface area contributed by atoms with E-state index >= 15 is 0 Å². The van der Waals surface area contributed by atoms with Crippen LogP contribution in [0.2, 0.25) is 0 Å². The smallest absolute Gasteiger partial charge is 0.161 e. The highest BCUT2D eigenvalue weighted by atomic mass is 19.1. The number of nitrogens with one attached hydrogen (secondary N) is 1. The van der Waals surface area contributed by atoms with Gasteiger partial charge < -0.3 is 5.43 Å². The molecule has 0 atom stereocenters. The molecule has 2 rings (SSSR count). The van der Waals surface area contributed by atoms with Crippen molar-refractivity contribution >= 4 is 5.82 Å². The van der Waals surface area contributed by atoms with Gasteiger partial charge >= 0.3 is 0 Å². The van der Waals surface area contributed by atoms with E-state index in [1.165, 1.54) is 12.1 Å². The van der Waals surface area contributed by atoms with Crippen LogP contribution in [0.3, 0.4) is 0 Å². The third-order valence-electron chi connectivity index (χ3n) is 2.59. The molecule has 3 N–H and O–H groups in total.